The highest BCUT2D eigenvalue weighted by Crippen LogP contribution is 2.56. The molecule has 2 aromatic rings. The molecule has 1 fully saturated rings. The van der Waals surface area contributed by atoms with E-state index in [1.165, 1.54) is 0 Å². The number of rotatable bonds is 6. The summed E-state index contributed by atoms with van der Waals surface area (Å²) in [5.74, 6) is -0.00133. The molecule has 8 heteroatoms. The van der Waals surface area contributed by atoms with Gasteiger partial charge < -0.3 is 20.3 Å². The summed E-state index contributed by atoms with van der Waals surface area (Å²) in [6.07, 6.45) is 0. The molecule has 2 aliphatic heterocycles. The molecule has 0 spiro atoms. The molecule has 0 radical (unpaired) electrons. The predicted molar refractivity (Wildman–Crippen MR) is 123 cm³/mol. The summed E-state index contributed by atoms with van der Waals surface area (Å²) in [6, 6.07) is 13.5. The fourth-order valence-electron chi connectivity index (χ4n) is 4.25. The molecule has 0 aliphatic carbocycles. The van der Waals surface area contributed by atoms with Gasteiger partial charge in [-0.05, 0) is 50.1 Å². The van der Waals surface area contributed by atoms with Gasteiger partial charge in [0, 0.05) is 16.9 Å². The van der Waals surface area contributed by atoms with E-state index in [0.717, 1.165) is 16.9 Å². The topological polar surface area (TPSA) is 87.7 Å². The second-order valence-corrected chi connectivity index (χ2v) is 10.3. The number of carbonyl (C=O) groups is 3. The fraction of sp³-hybridized carbons (Fsp3) is 0.375. The number of fused-ring (bicyclic) bond motifs is 3. The van der Waals surface area contributed by atoms with Gasteiger partial charge in [0.25, 0.3) is 5.91 Å². The molecule has 0 bridgehead atoms. The highest BCUT2D eigenvalue weighted by molar-refractivity contribution is 8.01. The third-order valence-corrected chi connectivity index (χ3v) is 7.46. The van der Waals surface area contributed by atoms with E-state index in [2.05, 4.69) is 10.6 Å². The number of ether oxygens (including phenoxy) is 1. The highest BCUT2D eigenvalue weighted by Gasteiger charge is 2.57. The molecular weight excluding hydrogens is 426 g/mol. The Morgan fingerprint density at radius 2 is 1.84 bits per heavy atom. The van der Waals surface area contributed by atoms with Crippen LogP contribution in [0.4, 0.5) is 0 Å². The van der Waals surface area contributed by atoms with E-state index in [-0.39, 0.29) is 23.1 Å². The van der Waals surface area contributed by atoms with Crippen LogP contribution in [0, 0.1) is 0 Å². The van der Waals surface area contributed by atoms with Crippen molar-refractivity contribution in [1.82, 2.24) is 15.5 Å². The summed E-state index contributed by atoms with van der Waals surface area (Å²) in [5.41, 5.74) is 2.51. The average Bonchev–Trinajstić information content (AvgIpc) is 3.21. The first-order valence-electron chi connectivity index (χ1n) is 10.5. The first-order valence-corrected chi connectivity index (χ1v) is 11.4. The zero-order chi connectivity index (χ0) is 23.0. The summed E-state index contributed by atoms with van der Waals surface area (Å²) < 4.78 is 4.65. The van der Waals surface area contributed by atoms with Gasteiger partial charge in [0.2, 0.25) is 11.8 Å². The highest BCUT2D eigenvalue weighted by atomic mass is 32.2. The number of nitrogens with one attached hydrogen (secondary N) is 2. The quantitative estimate of drug-likeness (QED) is 0.702. The van der Waals surface area contributed by atoms with Crippen LogP contribution < -0.4 is 15.4 Å². The van der Waals surface area contributed by atoms with Crippen LogP contribution in [0.5, 0.6) is 5.75 Å². The van der Waals surface area contributed by atoms with Crippen molar-refractivity contribution in [3.05, 3.63) is 65.2 Å². The molecule has 0 aromatic heterocycles. The van der Waals surface area contributed by atoms with Crippen LogP contribution in [-0.4, -0.2) is 46.6 Å². The molecule has 3 unspecified atom stereocenters. The SMILES string of the molecule is COc1ccc(CNC(=O)C(C)NC(=O)C2N3C(=O)c4ccccc4C3SC2(C)C)cc1. The average molecular weight is 454 g/mol. The number of methoxy groups -OCH3 is 1. The normalized spacial score (nSPS) is 21.5. The van der Waals surface area contributed by atoms with Gasteiger partial charge in [0.15, 0.2) is 0 Å². The number of nitrogens with zero attached hydrogens (tertiary/aromatic N) is 1. The molecule has 2 N–H and O–H groups in total. The molecule has 2 aromatic carbocycles. The monoisotopic (exact) mass is 453 g/mol. The maximum atomic E-state index is 13.2. The predicted octanol–water partition coefficient (Wildman–Crippen LogP) is 2.86. The summed E-state index contributed by atoms with van der Waals surface area (Å²) in [7, 11) is 1.60. The maximum Gasteiger partial charge on any atom is 0.256 e. The van der Waals surface area contributed by atoms with E-state index in [1.807, 2.05) is 56.3 Å². The van der Waals surface area contributed by atoms with E-state index in [9.17, 15) is 14.4 Å². The number of benzene rings is 2. The lowest BCUT2D eigenvalue weighted by atomic mass is 10.0. The van der Waals surface area contributed by atoms with E-state index in [0.29, 0.717) is 12.1 Å². The van der Waals surface area contributed by atoms with E-state index in [1.54, 1.807) is 36.8 Å². The second kappa shape index (κ2) is 8.50. The fourth-order valence-corrected chi connectivity index (χ4v) is 5.84. The molecule has 7 nitrogen and oxygen atoms in total. The summed E-state index contributed by atoms with van der Waals surface area (Å²) in [6.45, 7) is 5.92. The summed E-state index contributed by atoms with van der Waals surface area (Å²) in [4.78, 5) is 40.5. The molecule has 2 aliphatic rings. The Kier molecular flexibility index (Phi) is 5.90. The Bertz CT molecular complexity index is 1050. The van der Waals surface area contributed by atoms with Gasteiger partial charge in [0.1, 0.15) is 23.2 Å². The Balaban J connectivity index is 1.41. The molecule has 4 rings (SSSR count). The van der Waals surface area contributed by atoms with Gasteiger partial charge in [-0.1, -0.05) is 30.3 Å². The van der Waals surface area contributed by atoms with Gasteiger partial charge in [-0.25, -0.2) is 0 Å². The molecular formula is C24H27N3O4S. The van der Waals surface area contributed by atoms with Crippen molar-refractivity contribution in [2.24, 2.45) is 0 Å². The van der Waals surface area contributed by atoms with Crippen LogP contribution in [0.1, 0.15) is 47.6 Å². The largest absolute Gasteiger partial charge is 0.497 e. The molecule has 3 atom stereocenters. The molecule has 168 valence electrons. The van der Waals surface area contributed by atoms with Gasteiger partial charge in [-0.2, -0.15) is 0 Å². The third kappa shape index (κ3) is 3.95. The smallest absolute Gasteiger partial charge is 0.256 e. The lowest BCUT2D eigenvalue weighted by Gasteiger charge is -2.30. The van der Waals surface area contributed by atoms with Gasteiger partial charge in [-0.15, -0.1) is 11.8 Å². The van der Waals surface area contributed by atoms with Crippen LogP contribution in [0.25, 0.3) is 0 Å². The van der Waals surface area contributed by atoms with Gasteiger partial charge in [-0.3, -0.25) is 14.4 Å². The van der Waals surface area contributed by atoms with Crippen molar-refractivity contribution in [1.29, 1.82) is 0 Å². The Labute approximate surface area is 191 Å². The van der Waals surface area contributed by atoms with Crippen molar-refractivity contribution in [2.45, 2.75) is 49.5 Å². The molecule has 1 saturated heterocycles. The number of carbonyl (C=O) groups excluding carboxylic acids is 3. The second-order valence-electron chi connectivity index (χ2n) is 8.57. The number of hydrogen-bond donors (Lipinski definition) is 2. The van der Waals surface area contributed by atoms with Crippen LogP contribution in [-0.2, 0) is 16.1 Å². The van der Waals surface area contributed by atoms with Crippen molar-refractivity contribution in [3.63, 3.8) is 0 Å². The summed E-state index contributed by atoms with van der Waals surface area (Å²) >= 11 is 1.60. The maximum absolute atomic E-state index is 13.2. The van der Waals surface area contributed by atoms with Crippen molar-refractivity contribution in [3.8, 4) is 5.75 Å². The zero-order valence-corrected chi connectivity index (χ0v) is 19.4. The molecule has 3 amide bonds. The minimum absolute atomic E-state index is 0.138. The third-order valence-electron chi connectivity index (χ3n) is 5.92. The van der Waals surface area contributed by atoms with Gasteiger partial charge >= 0.3 is 0 Å². The van der Waals surface area contributed by atoms with Crippen molar-refractivity contribution < 1.29 is 19.1 Å². The lowest BCUT2D eigenvalue weighted by molar-refractivity contribution is -0.131. The minimum atomic E-state index is -0.735. The zero-order valence-electron chi connectivity index (χ0n) is 18.5. The first-order chi connectivity index (χ1) is 15.2. The number of amides is 3. The van der Waals surface area contributed by atoms with Crippen LogP contribution in [0.3, 0.4) is 0 Å². The molecule has 32 heavy (non-hydrogen) atoms. The standard InChI is InChI=1S/C24H27N3O4S/c1-14(20(28)25-13-15-9-11-16(31-4)12-10-15)26-21(29)19-24(2,3)32-23-18-8-6-5-7-17(18)22(30)27(19)23/h5-12,14,19,23H,13H2,1-4H3,(H,25,28)(H,26,29). The Morgan fingerprint density at radius 1 is 1.16 bits per heavy atom. The number of thioether (sulfide) groups is 1. The van der Waals surface area contributed by atoms with Crippen LogP contribution >= 0.6 is 11.8 Å². The molecule has 2 heterocycles. The molecule has 0 saturated carbocycles. The van der Waals surface area contributed by atoms with E-state index in [4.69, 9.17) is 4.74 Å². The lowest BCUT2D eigenvalue weighted by Crippen LogP contribution is -2.56. The van der Waals surface area contributed by atoms with E-state index < -0.39 is 16.8 Å². The Morgan fingerprint density at radius 3 is 2.53 bits per heavy atom. The van der Waals surface area contributed by atoms with Crippen LogP contribution in [0.15, 0.2) is 48.5 Å². The summed E-state index contributed by atoms with van der Waals surface area (Å²) in [5, 5.41) is 5.46. The van der Waals surface area contributed by atoms with Gasteiger partial charge in [0.05, 0.1) is 7.11 Å². The van der Waals surface area contributed by atoms with E-state index >= 15 is 0 Å². The van der Waals surface area contributed by atoms with Crippen molar-refractivity contribution >= 4 is 29.5 Å². The first kappa shape index (κ1) is 22.2. The minimum Gasteiger partial charge on any atom is -0.497 e. The van der Waals surface area contributed by atoms with Crippen LogP contribution in [0.2, 0.25) is 0 Å². The van der Waals surface area contributed by atoms with Crippen molar-refractivity contribution in [2.75, 3.05) is 7.11 Å². The Hall–Kier alpha value is -3.00. The number of hydrogen-bond acceptors (Lipinski definition) is 5.